The van der Waals surface area contributed by atoms with Gasteiger partial charge in [0.15, 0.2) is 0 Å². The predicted molar refractivity (Wildman–Crippen MR) is 81.6 cm³/mol. The standard InChI is InChI=1S/C9H14.2C5H5.Zr/c1-2-8-5-7-3-4-9(8)6-7;2*1-2-4-5-3-1;/h5,7-9H,1-4,6H2;2*1-5H;/q-2;;;+4/t7-,8?,9-;;;/m0.../s1. The quantitative estimate of drug-likeness (QED) is 0.615. The minimum absolute atomic E-state index is 0. The predicted octanol–water partition coefficient (Wildman–Crippen LogP) is 4.50. The summed E-state index contributed by atoms with van der Waals surface area (Å²) in [4.78, 5) is 0. The van der Waals surface area contributed by atoms with Crippen molar-refractivity contribution in [1.29, 1.82) is 0 Å². The van der Waals surface area contributed by atoms with Crippen LogP contribution in [-0.2, 0) is 26.2 Å². The summed E-state index contributed by atoms with van der Waals surface area (Å²) in [6.45, 7) is 3.96. The van der Waals surface area contributed by atoms with E-state index in [1.807, 2.05) is 64.2 Å². The Kier molecular flexibility index (Phi) is 10.8. The molecule has 4 rings (SSSR count). The summed E-state index contributed by atoms with van der Waals surface area (Å²) >= 11 is 0. The number of rotatable bonds is 1. The fraction of sp³-hybridized carbons (Fsp3) is 0.368. The van der Waals surface area contributed by atoms with Crippen LogP contribution in [0, 0.1) is 95.3 Å². The summed E-state index contributed by atoms with van der Waals surface area (Å²) in [5, 5.41) is 0. The summed E-state index contributed by atoms with van der Waals surface area (Å²) in [6.07, 6.45) is 28.1. The molecule has 10 radical (unpaired) electrons. The SMILES string of the molecule is [CH2-]CC1[CH-][C@@H]2CC[C@H]1C2.[CH]1[CH][CH][CH][CH]1.[CH]1[CH][CH][CH][CH]1.[Zr+4]. The van der Waals surface area contributed by atoms with Crippen LogP contribution in [0.3, 0.4) is 0 Å². The van der Waals surface area contributed by atoms with Crippen molar-refractivity contribution in [1.82, 2.24) is 0 Å². The van der Waals surface area contributed by atoms with E-state index < -0.39 is 0 Å². The Labute approximate surface area is 147 Å². The molecule has 0 aromatic carbocycles. The summed E-state index contributed by atoms with van der Waals surface area (Å²) in [6, 6.07) is 0. The normalized spacial score (nSPS) is 33.8. The van der Waals surface area contributed by atoms with Gasteiger partial charge >= 0.3 is 26.2 Å². The molecule has 1 unspecified atom stereocenters. The molecular formula is C19H24Zr+2. The van der Waals surface area contributed by atoms with E-state index >= 15 is 0 Å². The van der Waals surface area contributed by atoms with Crippen molar-refractivity contribution in [2.24, 2.45) is 17.8 Å². The van der Waals surface area contributed by atoms with E-state index in [1.165, 1.54) is 19.3 Å². The summed E-state index contributed by atoms with van der Waals surface area (Å²) in [5.74, 6) is 2.91. The molecule has 4 fully saturated rings. The van der Waals surface area contributed by atoms with Crippen LogP contribution >= 0.6 is 0 Å². The van der Waals surface area contributed by atoms with Gasteiger partial charge in [-0.2, -0.15) is 11.8 Å². The second-order valence-electron chi connectivity index (χ2n) is 5.40. The van der Waals surface area contributed by atoms with Gasteiger partial charge in [-0.1, -0.05) is 25.2 Å². The van der Waals surface area contributed by atoms with Crippen molar-refractivity contribution in [2.75, 3.05) is 0 Å². The minimum atomic E-state index is 0. The third kappa shape index (κ3) is 6.76. The molecule has 0 aromatic heterocycles. The fourth-order valence-corrected chi connectivity index (χ4v) is 3.10. The molecule has 0 N–H and O–H groups in total. The molecular weight excluding hydrogens is 319 g/mol. The van der Waals surface area contributed by atoms with E-state index in [9.17, 15) is 0 Å². The van der Waals surface area contributed by atoms with Crippen LogP contribution in [0.2, 0.25) is 0 Å². The van der Waals surface area contributed by atoms with Gasteiger partial charge in [0.05, 0.1) is 0 Å². The van der Waals surface area contributed by atoms with E-state index in [2.05, 4.69) is 13.3 Å². The monoisotopic (exact) mass is 342 g/mol. The second kappa shape index (κ2) is 11.5. The van der Waals surface area contributed by atoms with Crippen molar-refractivity contribution < 1.29 is 26.2 Å². The molecule has 0 nitrogen and oxygen atoms in total. The first-order valence-electron chi connectivity index (χ1n) is 7.37. The van der Waals surface area contributed by atoms with E-state index in [1.54, 1.807) is 0 Å². The Morgan fingerprint density at radius 3 is 1.45 bits per heavy atom. The Bertz CT molecular complexity index is 193. The smallest absolute Gasteiger partial charge is 0.345 e. The Hall–Kier alpha value is 0.883. The van der Waals surface area contributed by atoms with Gasteiger partial charge in [0, 0.05) is 0 Å². The number of fused-ring (bicyclic) bond motifs is 2. The maximum Gasteiger partial charge on any atom is 4.00 e. The van der Waals surface area contributed by atoms with E-state index in [0.29, 0.717) is 0 Å². The van der Waals surface area contributed by atoms with E-state index in [0.717, 1.165) is 24.2 Å². The van der Waals surface area contributed by atoms with Crippen LogP contribution in [-0.4, -0.2) is 0 Å². The summed E-state index contributed by atoms with van der Waals surface area (Å²) in [5.41, 5.74) is 0. The van der Waals surface area contributed by atoms with Crippen molar-refractivity contribution in [3.63, 3.8) is 0 Å². The molecule has 3 atom stereocenters. The zero-order valence-corrected chi connectivity index (χ0v) is 14.6. The van der Waals surface area contributed by atoms with Gasteiger partial charge in [-0.15, -0.1) is 0 Å². The van der Waals surface area contributed by atoms with Gasteiger partial charge in [0.25, 0.3) is 0 Å². The van der Waals surface area contributed by atoms with E-state index in [-0.39, 0.29) is 26.2 Å². The molecule has 0 aromatic rings. The Morgan fingerprint density at radius 2 is 1.25 bits per heavy atom. The Balaban J connectivity index is 0.000000158. The summed E-state index contributed by atoms with van der Waals surface area (Å²) in [7, 11) is 0. The molecule has 102 valence electrons. The van der Waals surface area contributed by atoms with E-state index in [4.69, 9.17) is 0 Å². The van der Waals surface area contributed by atoms with Crippen molar-refractivity contribution in [3.8, 4) is 0 Å². The first-order chi connectivity index (χ1) is 9.40. The van der Waals surface area contributed by atoms with Crippen LogP contribution in [0.1, 0.15) is 25.7 Å². The first-order valence-corrected chi connectivity index (χ1v) is 7.37. The van der Waals surface area contributed by atoms with Crippen molar-refractivity contribution in [2.45, 2.75) is 25.7 Å². The molecule has 4 saturated carbocycles. The van der Waals surface area contributed by atoms with Crippen LogP contribution in [0.4, 0.5) is 0 Å². The molecule has 20 heavy (non-hydrogen) atoms. The van der Waals surface area contributed by atoms with Crippen molar-refractivity contribution >= 4 is 0 Å². The van der Waals surface area contributed by atoms with Gasteiger partial charge in [-0.3, -0.25) is 0 Å². The topological polar surface area (TPSA) is 0 Å². The van der Waals surface area contributed by atoms with Crippen molar-refractivity contribution in [3.05, 3.63) is 77.6 Å². The molecule has 0 saturated heterocycles. The second-order valence-corrected chi connectivity index (χ2v) is 5.40. The van der Waals surface area contributed by atoms with Gasteiger partial charge in [0.2, 0.25) is 0 Å². The minimum Gasteiger partial charge on any atom is -0.345 e. The van der Waals surface area contributed by atoms with Gasteiger partial charge < -0.3 is 13.3 Å². The third-order valence-electron chi connectivity index (χ3n) is 4.08. The first kappa shape index (κ1) is 18.9. The fourth-order valence-electron chi connectivity index (χ4n) is 3.10. The van der Waals surface area contributed by atoms with Gasteiger partial charge in [-0.25, -0.2) is 6.42 Å². The number of hydrogen-bond acceptors (Lipinski definition) is 0. The maximum atomic E-state index is 3.96. The molecule has 4 aliphatic carbocycles. The third-order valence-corrected chi connectivity index (χ3v) is 4.08. The zero-order chi connectivity index (χ0) is 13.3. The summed E-state index contributed by atoms with van der Waals surface area (Å²) < 4.78 is 0. The average Bonchev–Trinajstić information content (AvgIpc) is 3.27. The van der Waals surface area contributed by atoms with Crippen LogP contribution < -0.4 is 0 Å². The molecule has 0 spiro atoms. The zero-order valence-electron chi connectivity index (χ0n) is 12.1. The Morgan fingerprint density at radius 1 is 0.800 bits per heavy atom. The van der Waals surface area contributed by atoms with Crippen LogP contribution in [0.5, 0.6) is 0 Å². The van der Waals surface area contributed by atoms with Crippen LogP contribution in [0.25, 0.3) is 0 Å². The largest absolute Gasteiger partial charge is 4.00 e. The molecule has 1 heteroatoms. The molecule has 0 amide bonds. The molecule has 4 aliphatic rings. The maximum absolute atomic E-state index is 3.96. The van der Waals surface area contributed by atoms with Gasteiger partial charge in [0.1, 0.15) is 0 Å². The van der Waals surface area contributed by atoms with Crippen LogP contribution in [0.15, 0.2) is 0 Å². The molecule has 0 aliphatic heterocycles. The molecule has 2 bridgehead atoms. The molecule has 0 heterocycles. The number of hydrogen-bond donors (Lipinski definition) is 0. The average molecular weight is 344 g/mol. The van der Waals surface area contributed by atoms with Gasteiger partial charge in [-0.05, 0) is 64.2 Å².